The number of rotatable bonds is 0. The normalized spacial score (nSPS) is 35.5. The Labute approximate surface area is 74.9 Å². The van der Waals surface area contributed by atoms with E-state index in [4.69, 9.17) is 4.74 Å². The van der Waals surface area contributed by atoms with Crippen LogP contribution in [0, 0.1) is 5.41 Å². The molecule has 1 aliphatic rings. The fraction of sp³-hybridized carbons (Fsp3) is 1.00. The van der Waals surface area contributed by atoms with Gasteiger partial charge in [-0.25, -0.2) is 0 Å². The molecule has 0 aromatic carbocycles. The van der Waals surface area contributed by atoms with E-state index in [-0.39, 0.29) is 5.41 Å². The summed E-state index contributed by atoms with van der Waals surface area (Å²) in [4.78, 5) is 0. The van der Waals surface area contributed by atoms with Gasteiger partial charge < -0.3 is 9.84 Å². The lowest BCUT2D eigenvalue weighted by Gasteiger charge is -2.45. The van der Waals surface area contributed by atoms with Crippen LogP contribution in [0.25, 0.3) is 0 Å². The molecule has 0 amide bonds. The molecule has 1 N–H and O–H groups in total. The Balaban J connectivity index is 2.98. The zero-order valence-electron chi connectivity index (χ0n) is 8.77. The zero-order chi connectivity index (χ0) is 9.62. The van der Waals surface area contributed by atoms with Crippen molar-refractivity contribution in [1.82, 2.24) is 0 Å². The van der Waals surface area contributed by atoms with Gasteiger partial charge in [0.05, 0.1) is 17.8 Å². The topological polar surface area (TPSA) is 29.5 Å². The Bertz CT molecular complexity index is 179. The summed E-state index contributed by atoms with van der Waals surface area (Å²) >= 11 is 0. The Kier molecular flexibility index (Phi) is 2.05. The van der Waals surface area contributed by atoms with E-state index in [1.54, 1.807) is 0 Å². The maximum Gasteiger partial charge on any atom is 0.1000 e. The molecule has 1 fully saturated rings. The van der Waals surface area contributed by atoms with Crippen molar-refractivity contribution in [2.45, 2.75) is 52.2 Å². The maximum absolute atomic E-state index is 10.4. The molecule has 0 aliphatic carbocycles. The second kappa shape index (κ2) is 2.46. The summed E-state index contributed by atoms with van der Waals surface area (Å²) in [6.45, 7) is 10.8. The highest BCUT2D eigenvalue weighted by Crippen LogP contribution is 2.47. The summed E-state index contributed by atoms with van der Waals surface area (Å²) in [5.74, 6) is 0. The van der Waals surface area contributed by atoms with Gasteiger partial charge in [0.2, 0.25) is 0 Å². The summed E-state index contributed by atoms with van der Waals surface area (Å²) in [5.41, 5.74) is -1.22. The van der Waals surface area contributed by atoms with E-state index in [0.717, 1.165) is 6.42 Å². The fourth-order valence-corrected chi connectivity index (χ4v) is 2.15. The summed E-state index contributed by atoms with van der Waals surface area (Å²) < 4.78 is 5.53. The van der Waals surface area contributed by atoms with Gasteiger partial charge in [0.15, 0.2) is 0 Å². The SMILES string of the molecule is CC(C)(C)C1(O)CCOC1(C)C. The van der Waals surface area contributed by atoms with Gasteiger partial charge in [-0.2, -0.15) is 0 Å². The highest BCUT2D eigenvalue weighted by Gasteiger charge is 2.55. The molecule has 1 heterocycles. The van der Waals surface area contributed by atoms with Gasteiger partial charge in [-0.05, 0) is 19.3 Å². The van der Waals surface area contributed by atoms with E-state index in [1.165, 1.54) is 0 Å². The summed E-state index contributed by atoms with van der Waals surface area (Å²) in [7, 11) is 0. The van der Waals surface area contributed by atoms with E-state index in [0.29, 0.717) is 6.61 Å². The van der Waals surface area contributed by atoms with Gasteiger partial charge in [0, 0.05) is 6.42 Å². The third kappa shape index (κ3) is 1.17. The second-order valence-corrected chi connectivity index (χ2v) is 5.22. The van der Waals surface area contributed by atoms with Crippen LogP contribution < -0.4 is 0 Å². The smallest absolute Gasteiger partial charge is 0.1000 e. The lowest BCUT2D eigenvalue weighted by atomic mass is 9.67. The molecule has 2 nitrogen and oxygen atoms in total. The van der Waals surface area contributed by atoms with Crippen LogP contribution in [0.5, 0.6) is 0 Å². The van der Waals surface area contributed by atoms with Crippen molar-refractivity contribution in [3.63, 3.8) is 0 Å². The minimum Gasteiger partial charge on any atom is -0.386 e. The van der Waals surface area contributed by atoms with Gasteiger partial charge in [-0.1, -0.05) is 20.8 Å². The van der Waals surface area contributed by atoms with Crippen LogP contribution in [0.4, 0.5) is 0 Å². The van der Waals surface area contributed by atoms with Gasteiger partial charge in [0.25, 0.3) is 0 Å². The summed E-state index contributed by atoms with van der Waals surface area (Å²) in [6.07, 6.45) is 0.740. The molecule has 0 saturated carbocycles. The standard InChI is InChI=1S/C10H20O2/c1-8(2,3)10(11)6-7-12-9(10,4)5/h11H,6-7H2,1-5H3. The van der Waals surface area contributed by atoms with Crippen molar-refractivity contribution >= 4 is 0 Å². The number of aliphatic hydroxyl groups is 1. The average Bonchev–Trinajstić information content (AvgIpc) is 2.07. The predicted molar refractivity (Wildman–Crippen MR) is 49.1 cm³/mol. The molecule has 0 radical (unpaired) electrons. The number of hydrogen-bond acceptors (Lipinski definition) is 2. The van der Waals surface area contributed by atoms with Gasteiger partial charge in [-0.3, -0.25) is 0 Å². The van der Waals surface area contributed by atoms with Crippen molar-refractivity contribution in [2.75, 3.05) is 6.61 Å². The van der Waals surface area contributed by atoms with E-state index in [9.17, 15) is 5.11 Å². The third-order valence-corrected chi connectivity index (χ3v) is 3.16. The number of ether oxygens (including phenoxy) is 1. The first-order valence-electron chi connectivity index (χ1n) is 4.57. The van der Waals surface area contributed by atoms with E-state index in [2.05, 4.69) is 20.8 Å². The third-order valence-electron chi connectivity index (χ3n) is 3.16. The Morgan fingerprint density at radius 3 is 1.92 bits per heavy atom. The van der Waals surface area contributed by atoms with Gasteiger partial charge >= 0.3 is 0 Å². The maximum atomic E-state index is 10.4. The van der Waals surface area contributed by atoms with Crippen molar-refractivity contribution in [3.8, 4) is 0 Å². The minimum atomic E-state index is -0.694. The molecule has 1 aliphatic heterocycles. The fourth-order valence-electron chi connectivity index (χ4n) is 2.15. The minimum absolute atomic E-state index is 0.118. The molecule has 0 spiro atoms. The molecule has 0 aromatic heterocycles. The van der Waals surface area contributed by atoms with Crippen LogP contribution >= 0.6 is 0 Å². The number of hydrogen-bond donors (Lipinski definition) is 1. The molecule has 1 saturated heterocycles. The highest BCUT2D eigenvalue weighted by atomic mass is 16.5. The Morgan fingerprint density at radius 2 is 1.75 bits per heavy atom. The van der Waals surface area contributed by atoms with E-state index >= 15 is 0 Å². The second-order valence-electron chi connectivity index (χ2n) is 5.22. The van der Waals surface area contributed by atoms with Crippen molar-refractivity contribution < 1.29 is 9.84 Å². The largest absolute Gasteiger partial charge is 0.386 e. The van der Waals surface area contributed by atoms with Crippen LogP contribution in [-0.4, -0.2) is 22.9 Å². The summed E-state index contributed by atoms with van der Waals surface area (Å²) in [6, 6.07) is 0. The van der Waals surface area contributed by atoms with Crippen molar-refractivity contribution in [1.29, 1.82) is 0 Å². The quantitative estimate of drug-likeness (QED) is 0.605. The molecular formula is C10H20O2. The highest BCUT2D eigenvalue weighted by molar-refractivity contribution is 5.06. The van der Waals surface area contributed by atoms with E-state index in [1.807, 2.05) is 13.8 Å². The molecule has 1 atom stereocenters. The molecule has 1 unspecified atom stereocenters. The first kappa shape index (κ1) is 10.0. The van der Waals surface area contributed by atoms with E-state index < -0.39 is 11.2 Å². The zero-order valence-corrected chi connectivity index (χ0v) is 8.77. The lowest BCUT2D eigenvalue weighted by molar-refractivity contribution is -0.153. The monoisotopic (exact) mass is 172 g/mol. The predicted octanol–water partition coefficient (Wildman–Crippen LogP) is 1.96. The molecule has 2 heteroatoms. The van der Waals surface area contributed by atoms with Gasteiger partial charge in [-0.15, -0.1) is 0 Å². The molecule has 0 bridgehead atoms. The molecule has 12 heavy (non-hydrogen) atoms. The first-order chi connectivity index (χ1) is 5.21. The van der Waals surface area contributed by atoms with Crippen molar-refractivity contribution in [3.05, 3.63) is 0 Å². The molecule has 1 rings (SSSR count). The van der Waals surface area contributed by atoms with Crippen LogP contribution in [-0.2, 0) is 4.74 Å². The molecule has 72 valence electrons. The first-order valence-corrected chi connectivity index (χ1v) is 4.57. The molecular weight excluding hydrogens is 152 g/mol. The van der Waals surface area contributed by atoms with Crippen LogP contribution in [0.15, 0.2) is 0 Å². The lowest BCUT2D eigenvalue weighted by Crippen LogP contribution is -2.55. The Hall–Kier alpha value is -0.0800. The van der Waals surface area contributed by atoms with Crippen molar-refractivity contribution in [2.24, 2.45) is 5.41 Å². The molecule has 0 aromatic rings. The van der Waals surface area contributed by atoms with Crippen LogP contribution in [0.3, 0.4) is 0 Å². The Morgan fingerprint density at radius 1 is 1.25 bits per heavy atom. The van der Waals surface area contributed by atoms with Gasteiger partial charge in [0.1, 0.15) is 0 Å². The summed E-state index contributed by atoms with van der Waals surface area (Å²) in [5, 5.41) is 10.4. The van der Waals surface area contributed by atoms with Crippen LogP contribution in [0.1, 0.15) is 41.0 Å². The average molecular weight is 172 g/mol. The van der Waals surface area contributed by atoms with Crippen LogP contribution in [0.2, 0.25) is 0 Å².